The van der Waals surface area contributed by atoms with Gasteiger partial charge in [-0.2, -0.15) is 0 Å². The number of nitrogens with zero attached hydrogens (tertiary/aromatic N) is 4. The summed E-state index contributed by atoms with van der Waals surface area (Å²) in [6, 6.07) is 0.0482. The third-order valence-electron chi connectivity index (χ3n) is 5.40. The van der Waals surface area contributed by atoms with E-state index in [1.54, 1.807) is 0 Å². The number of anilines is 1. The molecular formula is C18H24ClN5O2. The molecule has 1 aliphatic carbocycles. The van der Waals surface area contributed by atoms with Crippen LogP contribution in [0.3, 0.4) is 0 Å². The summed E-state index contributed by atoms with van der Waals surface area (Å²) >= 11 is 6.16. The zero-order chi connectivity index (χ0) is 18.1. The summed E-state index contributed by atoms with van der Waals surface area (Å²) in [5.74, 6) is 0.848. The van der Waals surface area contributed by atoms with Crippen molar-refractivity contribution in [3.8, 4) is 0 Å². The first-order valence-corrected chi connectivity index (χ1v) is 9.87. The zero-order valence-electron chi connectivity index (χ0n) is 14.8. The average Bonchev–Trinajstić information content (AvgIpc) is 3.36. The Labute approximate surface area is 158 Å². The molecule has 4 rings (SSSR count). The van der Waals surface area contributed by atoms with Gasteiger partial charge in [-0.05, 0) is 38.5 Å². The van der Waals surface area contributed by atoms with Gasteiger partial charge in [0.25, 0.3) is 5.91 Å². The Kier molecular flexibility index (Phi) is 4.98. The SMILES string of the molecule is O=C(NC1CCN(C(=O)C2CC2)CC1)c1nc(N2CCCC2)ncc1Cl. The quantitative estimate of drug-likeness (QED) is 0.866. The molecule has 7 nitrogen and oxygen atoms in total. The highest BCUT2D eigenvalue weighted by Crippen LogP contribution is 2.32. The van der Waals surface area contributed by atoms with Crippen molar-refractivity contribution in [2.24, 2.45) is 5.92 Å². The van der Waals surface area contributed by atoms with Crippen molar-refractivity contribution < 1.29 is 9.59 Å². The highest BCUT2D eigenvalue weighted by Gasteiger charge is 2.35. The molecule has 3 aliphatic rings. The maximum Gasteiger partial charge on any atom is 0.271 e. The average molecular weight is 378 g/mol. The fourth-order valence-electron chi connectivity index (χ4n) is 3.67. The minimum absolute atomic E-state index is 0.0482. The first-order valence-electron chi connectivity index (χ1n) is 9.49. The molecule has 0 unspecified atom stereocenters. The first kappa shape index (κ1) is 17.5. The van der Waals surface area contributed by atoms with Crippen molar-refractivity contribution in [3.63, 3.8) is 0 Å². The van der Waals surface area contributed by atoms with Crippen LogP contribution in [-0.4, -0.2) is 58.9 Å². The van der Waals surface area contributed by atoms with Crippen molar-refractivity contribution in [1.82, 2.24) is 20.2 Å². The van der Waals surface area contributed by atoms with Gasteiger partial charge in [-0.1, -0.05) is 11.6 Å². The van der Waals surface area contributed by atoms with Gasteiger partial charge in [0.15, 0.2) is 5.69 Å². The summed E-state index contributed by atoms with van der Waals surface area (Å²) in [6.07, 6.45) is 7.34. The zero-order valence-corrected chi connectivity index (χ0v) is 15.5. The Hall–Kier alpha value is -1.89. The molecule has 1 aromatic heterocycles. The maximum atomic E-state index is 12.6. The Balaban J connectivity index is 1.36. The van der Waals surface area contributed by atoms with Gasteiger partial charge in [-0.25, -0.2) is 9.97 Å². The number of hydrogen-bond donors (Lipinski definition) is 1. The number of carbonyl (C=O) groups excluding carboxylic acids is 2. The van der Waals surface area contributed by atoms with Gasteiger partial charge in [0.1, 0.15) is 0 Å². The number of nitrogens with one attached hydrogen (secondary N) is 1. The first-order chi connectivity index (χ1) is 12.6. The third-order valence-corrected chi connectivity index (χ3v) is 5.68. The standard InChI is InChI=1S/C18H24ClN5O2/c19-14-11-20-18(24-7-1-2-8-24)22-15(14)16(25)21-13-5-9-23(10-6-13)17(26)12-3-4-12/h11-13H,1-10H2,(H,21,25). The van der Waals surface area contributed by atoms with Gasteiger partial charge in [0.05, 0.1) is 11.2 Å². The van der Waals surface area contributed by atoms with Crippen molar-refractivity contribution in [1.29, 1.82) is 0 Å². The van der Waals surface area contributed by atoms with E-state index in [-0.39, 0.29) is 34.5 Å². The van der Waals surface area contributed by atoms with Crippen LogP contribution in [0.1, 0.15) is 49.0 Å². The van der Waals surface area contributed by atoms with E-state index in [1.165, 1.54) is 6.20 Å². The number of aromatic nitrogens is 2. The van der Waals surface area contributed by atoms with E-state index >= 15 is 0 Å². The molecule has 1 saturated carbocycles. The Morgan fingerprint density at radius 3 is 2.42 bits per heavy atom. The van der Waals surface area contributed by atoms with Crippen LogP contribution in [0.2, 0.25) is 5.02 Å². The lowest BCUT2D eigenvalue weighted by molar-refractivity contribution is -0.133. The number of carbonyl (C=O) groups is 2. The maximum absolute atomic E-state index is 12.6. The largest absolute Gasteiger partial charge is 0.348 e. The summed E-state index contributed by atoms with van der Waals surface area (Å²) in [6.45, 7) is 3.24. The lowest BCUT2D eigenvalue weighted by atomic mass is 10.0. The van der Waals surface area contributed by atoms with Crippen molar-refractivity contribution in [2.45, 2.75) is 44.6 Å². The van der Waals surface area contributed by atoms with Gasteiger partial charge < -0.3 is 15.1 Å². The molecule has 1 aromatic rings. The monoisotopic (exact) mass is 377 g/mol. The molecule has 2 aliphatic heterocycles. The second-order valence-corrected chi connectivity index (χ2v) is 7.82. The van der Waals surface area contributed by atoms with Gasteiger partial charge in [0.2, 0.25) is 11.9 Å². The Morgan fingerprint density at radius 1 is 1.08 bits per heavy atom. The van der Waals surface area contributed by atoms with Crippen LogP contribution in [0.15, 0.2) is 6.20 Å². The molecular weight excluding hydrogens is 354 g/mol. The normalized spacial score (nSPS) is 21.1. The van der Waals surface area contributed by atoms with Crippen molar-refractivity contribution in [3.05, 3.63) is 16.9 Å². The van der Waals surface area contributed by atoms with E-state index in [9.17, 15) is 9.59 Å². The van der Waals surface area contributed by atoms with Crippen LogP contribution in [-0.2, 0) is 4.79 Å². The number of rotatable bonds is 4. The topological polar surface area (TPSA) is 78.4 Å². The molecule has 0 spiro atoms. The lowest BCUT2D eigenvalue weighted by Gasteiger charge is -2.32. The highest BCUT2D eigenvalue weighted by molar-refractivity contribution is 6.33. The van der Waals surface area contributed by atoms with Crippen LogP contribution in [0.4, 0.5) is 5.95 Å². The van der Waals surface area contributed by atoms with E-state index in [4.69, 9.17) is 11.6 Å². The van der Waals surface area contributed by atoms with Gasteiger partial charge >= 0.3 is 0 Å². The summed E-state index contributed by atoms with van der Waals surface area (Å²) in [5, 5.41) is 3.30. The molecule has 0 atom stereocenters. The molecule has 2 amide bonds. The van der Waals surface area contributed by atoms with Crippen molar-refractivity contribution in [2.75, 3.05) is 31.1 Å². The predicted octanol–water partition coefficient (Wildman–Crippen LogP) is 1.86. The predicted molar refractivity (Wildman–Crippen MR) is 98.3 cm³/mol. The van der Waals surface area contributed by atoms with E-state index in [1.807, 2.05) is 4.90 Å². The minimum Gasteiger partial charge on any atom is -0.348 e. The Bertz CT molecular complexity index is 695. The molecule has 2 saturated heterocycles. The van der Waals surface area contributed by atoms with Crippen molar-refractivity contribution >= 4 is 29.4 Å². The number of piperidine rings is 1. The molecule has 0 radical (unpaired) electrons. The van der Waals surface area contributed by atoms with Crippen LogP contribution in [0, 0.1) is 5.92 Å². The minimum atomic E-state index is -0.259. The second kappa shape index (κ2) is 7.39. The number of hydrogen-bond acceptors (Lipinski definition) is 5. The molecule has 0 bridgehead atoms. The molecule has 3 heterocycles. The van der Waals surface area contributed by atoms with Crippen LogP contribution in [0.25, 0.3) is 0 Å². The number of halogens is 1. The van der Waals surface area contributed by atoms with Gasteiger partial charge in [-0.3, -0.25) is 9.59 Å². The molecule has 26 heavy (non-hydrogen) atoms. The van der Waals surface area contributed by atoms with E-state index < -0.39 is 0 Å². The van der Waals surface area contributed by atoms with E-state index in [0.29, 0.717) is 19.0 Å². The number of amides is 2. The molecule has 8 heteroatoms. The summed E-state index contributed by atoms with van der Waals surface area (Å²) in [4.78, 5) is 37.4. The lowest BCUT2D eigenvalue weighted by Crippen LogP contribution is -2.47. The fraction of sp³-hybridized carbons (Fsp3) is 0.667. The smallest absolute Gasteiger partial charge is 0.271 e. The second-order valence-electron chi connectivity index (χ2n) is 7.41. The highest BCUT2D eigenvalue weighted by atomic mass is 35.5. The molecule has 0 aromatic carbocycles. The Morgan fingerprint density at radius 2 is 1.77 bits per heavy atom. The van der Waals surface area contributed by atoms with Gasteiger partial charge in [-0.15, -0.1) is 0 Å². The molecule has 3 fully saturated rings. The fourth-order valence-corrected chi connectivity index (χ4v) is 3.85. The summed E-state index contributed by atoms with van der Waals surface area (Å²) in [5.41, 5.74) is 0.236. The van der Waals surface area contributed by atoms with E-state index in [0.717, 1.165) is 51.6 Å². The van der Waals surface area contributed by atoms with Crippen LogP contribution < -0.4 is 10.2 Å². The van der Waals surface area contributed by atoms with E-state index in [2.05, 4.69) is 20.2 Å². The summed E-state index contributed by atoms with van der Waals surface area (Å²) in [7, 11) is 0. The third kappa shape index (κ3) is 3.77. The van der Waals surface area contributed by atoms with Crippen LogP contribution in [0.5, 0.6) is 0 Å². The number of likely N-dealkylation sites (tertiary alicyclic amines) is 1. The van der Waals surface area contributed by atoms with Crippen LogP contribution >= 0.6 is 11.6 Å². The summed E-state index contributed by atoms with van der Waals surface area (Å²) < 4.78 is 0. The van der Waals surface area contributed by atoms with Gasteiger partial charge in [0, 0.05) is 38.1 Å². The molecule has 140 valence electrons. The molecule has 1 N–H and O–H groups in total.